The minimum atomic E-state index is -3.86. The topological polar surface area (TPSA) is 94.5 Å². The highest BCUT2D eigenvalue weighted by Crippen LogP contribution is 2.12. The van der Waals surface area contributed by atoms with Gasteiger partial charge >= 0.3 is 0 Å². The van der Waals surface area contributed by atoms with Gasteiger partial charge in [0.25, 0.3) is 10.0 Å². The lowest BCUT2D eigenvalue weighted by Gasteiger charge is -2.07. The molecule has 0 fully saturated rings. The summed E-state index contributed by atoms with van der Waals surface area (Å²) in [6.45, 7) is 3.46. The Hall–Kier alpha value is -2.41. The third-order valence-electron chi connectivity index (χ3n) is 3.09. The van der Waals surface area contributed by atoms with Crippen LogP contribution >= 0.6 is 0 Å². The summed E-state index contributed by atoms with van der Waals surface area (Å²) in [6.07, 6.45) is 1.57. The highest BCUT2D eigenvalue weighted by Gasteiger charge is 2.13. The fourth-order valence-electron chi connectivity index (χ4n) is 1.96. The molecule has 7 heteroatoms. The number of aromatic nitrogens is 1. The van der Waals surface area contributed by atoms with Crippen molar-refractivity contribution in [2.45, 2.75) is 25.3 Å². The van der Waals surface area contributed by atoms with Crippen molar-refractivity contribution in [3.05, 3.63) is 59.2 Å². The molecule has 22 heavy (non-hydrogen) atoms. The van der Waals surface area contributed by atoms with Gasteiger partial charge in [0.05, 0.1) is 4.90 Å². The fraction of sp³-hybridized carbons (Fsp3) is 0.200. The first kappa shape index (κ1) is 16.0. The molecule has 1 amide bonds. The molecule has 2 rings (SSSR count). The number of pyridine rings is 1. The number of amides is 1. The summed E-state index contributed by atoms with van der Waals surface area (Å²) in [6, 6.07) is 9.85. The summed E-state index contributed by atoms with van der Waals surface area (Å²) in [5.74, 6) is -0.570. The highest BCUT2D eigenvalue weighted by atomic mass is 32.2. The van der Waals surface area contributed by atoms with Crippen LogP contribution in [0, 0.1) is 13.8 Å². The average Bonchev–Trinajstić information content (AvgIpc) is 2.42. The summed E-state index contributed by atoms with van der Waals surface area (Å²) in [5.41, 5.74) is 6.98. The molecule has 0 saturated heterocycles. The van der Waals surface area contributed by atoms with E-state index >= 15 is 0 Å². The molecule has 0 aliphatic rings. The molecule has 0 aliphatic heterocycles. The lowest BCUT2D eigenvalue weighted by atomic mass is 10.2. The Labute approximate surface area is 129 Å². The summed E-state index contributed by atoms with van der Waals surface area (Å²) in [4.78, 5) is 11.2. The quantitative estimate of drug-likeness (QED) is 0.906. The molecule has 0 aliphatic carbocycles. The molecular formula is C15H17N3O3S. The number of primary amides is 1. The molecule has 2 aromatic rings. The second kappa shape index (κ2) is 6.15. The van der Waals surface area contributed by atoms with Gasteiger partial charge in [0, 0.05) is 6.20 Å². The Morgan fingerprint density at radius 1 is 1.18 bits per heavy atom. The molecule has 0 spiro atoms. The predicted molar refractivity (Wildman–Crippen MR) is 82.3 cm³/mol. The number of hydrogen-bond donors (Lipinski definition) is 1. The van der Waals surface area contributed by atoms with Crippen molar-refractivity contribution in [2.24, 2.45) is 10.1 Å². The molecule has 0 saturated carbocycles. The van der Waals surface area contributed by atoms with Crippen LogP contribution in [0.3, 0.4) is 0 Å². The number of rotatable bonds is 4. The number of nitrogens with zero attached hydrogens (tertiary/aromatic N) is 2. The van der Waals surface area contributed by atoms with Gasteiger partial charge in [-0.3, -0.25) is 4.79 Å². The van der Waals surface area contributed by atoms with E-state index in [1.54, 1.807) is 37.4 Å². The number of benzene rings is 1. The first-order valence-corrected chi connectivity index (χ1v) is 8.05. The Bertz CT molecular complexity index is 866. The van der Waals surface area contributed by atoms with Crippen LogP contribution in [0.1, 0.15) is 11.1 Å². The molecule has 1 heterocycles. The fourth-order valence-corrected chi connectivity index (χ4v) is 3.02. The third kappa shape index (κ3) is 3.62. The van der Waals surface area contributed by atoms with Crippen molar-refractivity contribution in [1.82, 2.24) is 4.57 Å². The van der Waals surface area contributed by atoms with Gasteiger partial charge in [-0.2, -0.15) is 8.42 Å². The summed E-state index contributed by atoms with van der Waals surface area (Å²) >= 11 is 0. The van der Waals surface area contributed by atoms with Crippen molar-refractivity contribution < 1.29 is 13.2 Å². The summed E-state index contributed by atoms with van der Waals surface area (Å²) in [7, 11) is -3.86. The molecule has 1 aromatic carbocycles. The van der Waals surface area contributed by atoms with E-state index in [0.29, 0.717) is 5.56 Å². The maximum atomic E-state index is 12.4. The first-order valence-electron chi connectivity index (χ1n) is 6.61. The van der Waals surface area contributed by atoms with Crippen molar-refractivity contribution >= 4 is 15.9 Å². The molecular weight excluding hydrogens is 302 g/mol. The smallest absolute Gasteiger partial charge is 0.284 e. The van der Waals surface area contributed by atoms with Crippen LogP contribution in [0.25, 0.3) is 0 Å². The SMILES string of the molecule is Cc1ccc(S(=O)(=O)/N=c2\c(C)cccn2CC(N)=O)cc1. The molecule has 1 aromatic heterocycles. The van der Waals surface area contributed by atoms with Gasteiger partial charge in [-0.25, -0.2) is 0 Å². The standard InChI is InChI=1S/C15H17N3O3S/c1-11-5-7-13(8-6-11)22(20,21)17-15-12(2)4-3-9-18(15)10-14(16)19/h3-9H,10H2,1-2H3,(H2,16,19)/b17-15+. The van der Waals surface area contributed by atoms with Crippen LogP contribution in [0.4, 0.5) is 0 Å². The number of carbonyl (C=O) groups excluding carboxylic acids is 1. The number of aryl methyl sites for hydroxylation is 2. The van der Waals surface area contributed by atoms with Crippen LogP contribution in [0.15, 0.2) is 51.9 Å². The largest absolute Gasteiger partial charge is 0.368 e. The van der Waals surface area contributed by atoms with E-state index in [0.717, 1.165) is 5.56 Å². The van der Waals surface area contributed by atoms with E-state index in [2.05, 4.69) is 4.40 Å². The van der Waals surface area contributed by atoms with Crippen LogP contribution in [-0.4, -0.2) is 18.9 Å². The minimum Gasteiger partial charge on any atom is -0.368 e. The zero-order valence-electron chi connectivity index (χ0n) is 12.4. The Morgan fingerprint density at radius 3 is 2.41 bits per heavy atom. The van der Waals surface area contributed by atoms with E-state index in [1.807, 2.05) is 6.92 Å². The number of sulfonamides is 1. The monoisotopic (exact) mass is 319 g/mol. The second-order valence-electron chi connectivity index (χ2n) is 4.99. The molecule has 116 valence electrons. The van der Waals surface area contributed by atoms with Crippen LogP contribution in [0.5, 0.6) is 0 Å². The predicted octanol–water partition coefficient (Wildman–Crippen LogP) is 0.880. The number of carbonyl (C=O) groups is 1. The van der Waals surface area contributed by atoms with Gasteiger partial charge in [-0.1, -0.05) is 23.8 Å². The lowest BCUT2D eigenvalue weighted by Crippen LogP contribution is -2.30. The van der Waals surface area contributed by atoms with E-state index in [4.69, 9.17) is 5.73 Å². The van der Waals surface area contributed by atoms with Gasteiger partial charge in [-0.05, 0) is 37.6 Å². The average molecular weight is 319 g/mol. The van der Waals surface area contributed by atoms with Gasteiger partial charge in [0.15, 0.2) is 0 Å². The van der Waals surface area contributed by atoms with Gasteiger partial charge in [0.1, 0.15) is 12.0 Å². The van der Waals surface area contributed by atoms with Crippen LogP contribution in [0.2, 0.25) is 0 Å². The Balaban J connectivity index is 2.61. The van der Waals surface area contributed by atoms with Crippen LogP contribution < -0.4 is 11.2 Å². The Kier molecular flexibility index (Phi) is 4.46. The molecule has 0 atom stereocenters. The maximum Gasteiger partial charge on any atom is 0.284 e. The number of nitrogens with two attached hydrogens (primary N) is 1. The third-order valence-corrected chi connectivity index (χ3v) is 4.37. The molecule has 0 radical (unpaired) electrons. The lowest BCUT2D eigenvalue weighted by molar-refractivity contribution is -0.118. The normalized spacial score (nSPS) is 12.4. The zero-order valence-corrected chi connectivity index (χ0v) is 13.2. The van der Waals surface area contributed by atoms with Crippen LogP contribution in [-0.2, 0) is 21.4 Å². The van der Waals surface area contributed by atoms with E-state index < -0.39 is 15.9 Å². The minimum absolute atomic E-state index is 0.104. The van der Waals surface area contributed by atoms with Crippen molar-refractivity contribution in [2.75, 3.05) is 0 Å². The van der Waals surface area contributed by atoms with Gasteiger partial charge in [0.2, 0.25) is 5.91 Å². The van der Waals surface area contributed by atoms with E-state index in [9.17, 15) is 13.2 Å². The van der Waals surface area contributed by atoms with Crippen molar-refractivity contribution in [3.63, 3.8) is 0 Å². The molecule has 0 bridgehead atoms. The van der Waals surface area contributed by atoms with Gasteiger partial charge < -0.3 is 10.3 Å². The second-order valence-corrected chi connectivity index (χ2v) is 6.59. The summed E-state index contributed by atoms with van der Waals surface area (Å²) < 4.78 is 30.1. The first-order chi connectivity index (χ1) is 10.3. The maximum absolute atomic E-state index is 12.4. The van der Waals surface area contributed by atoms with Crippen molar-refractivity contribution in [3.8, 4) is 0 Å². The highest BCUT2D eigenvalue weighted by molar-refractivity contribution is 7.90. The Morgan fingerprint density at radius 2 is 1.82 bits per heavy atom. The zero-order chi connectivity index (χ0) is 16.3. The number of hydrogen-bond acceptors (Lipinski definition) is 3. The van der Waals surface area contributed by atoms with E-state index in [-0.39, 0.29) is 16.9 Å². The van der Waals surface area contributed by atoms with Gasteiger partial charge in [-0.15, -0.1) is 4.40 Å². The summed E-state index contributed by atoms with van der Waals surface area (Å²) in [5, 5.41) is 0. The molecule has 2 N–H and O–H groups in total. The van der Waals surface area contributed by atoms with Crippen molar-refractivity contribution in [1.29, 1.82) is 0 Å². The van der Waals surface area contributed by atoms with E-state index in [1.165, 1.54) is 16.7 Å². The molecule has 0 unspecified atom stereocenters. The molecule has 6 nitrogen and oxygen atoms in total.